The van der Waals surface area contributed by atoms with Gasteiger partial charge >= 0.3 is 12.1 Å². The fraction of sp³-hybridized carbons (Fsp3) is 0.125. The maximum absolute atomic E-state index is 12.3. The molecule has 4 amide bonds. The number of rotatable bonds is 3. The number of hydrogen-bond acceptors (Lipinski definition) is 3. The van der Waals surface area contributed by atoms with Crippen molar-refractivity contribution in [3.05, 3.63) is 60.7 Å². The number of benzene rings is 2. The monoisotopic (exact) mass is 298 g/mol. The largest absolute Gasteiger partial charge is 0.345 e. The molecule has 114 valence electrons. The van der Waals surface area contributed by atoms with E-state index in [4.69, 9.17) is 0 Å². The van der Waals surface area contributed by atoms with Gasteiger partial charge in [-0.15, -0.1) is 0 Å². The van der Waals surface area contributed by atoms with Gasteiger partial charge in [0.15, 0.2) is 0 Å². The number of nitrogens with one attached hydrogen (secondary N) is 2. The molecule has 0 atom stereocenters. The molecule has 0 bridgehead atoms. The molecule has 0 fully saturated rings. The molecule has 0 saturated heterocycles. The first-order valence-corrected chi connectivity index (χ1v) is 6.77. The first kappa shape index (κ1) is 15.5. The molecule has 6 heteroatoms. The van der Waals surface area contributed by atoms with Gasteiger partial charge in [0.2, 0.25) is 0 Å². The normalized spacial score (nSPS) is 10.1. The van der Waals surface area contributed by atoms with Gasteiger partial charge in [0, 0.05) is 25.5 Å². The van der Waals surface area contributed by atoms with Crippen LogP contribution in [0.1, 0.15) is 0 Å². The van der Waals surface area contributed by atoms with Crippen LogP contribution in [-0.4, -0.2) is 36.2 Å². The van der Waals surface area contributed by atoms with Crippen LogP contribution in [0.5, 0.6) is 0 Å². The number of imide groups is 1. The molecule has 2 rings (SSSR count). The minimum atomic E-state index is -0.537. The average molecular weight is 298 g/mol. The Kier molecular flexibility index (Phi) is 5.11. The molecule has 0 saturated carbocycles. The van der Waals surface area contributed by atoms with E-state index in [-0.39, 0.29) is 0 Å². The molecule has 0 aliphatic heterocycles. The molecular formula is C16H18N4O2. The van der Waals surface area contributed by atoms with Gasteiger partial charge in [-0.3, -0.25) is 0 Å². The predicted octanol–water partition coefficient (Wildman–Crippen LogP) is 3.23. The number of nitrogens with zero attached hydrogens (tertiary/aromatic N) is 2. The summed E-state index contributed by atoms with van der Waals surface area (Å²) in [4.78, 5) is 24.6. The van der Waals surface area contributed by atoms with Gasteiger partial charge in [0.1, 0.15) is 0 Å². The average Bonchev–Trinajstić information content (AvgIpc) is 2.48. The number of amides is 4. The lowest BCUT2D eigenvalue weighted by molar-refractivity contribution is 0.104. The van der Waals surface area contributed by atoms with E-state index in [0.29, 0.717) is 11.4 Å². The van der Waals surface area contributed by atoms with Gasteiger partial charge in [-0.2, -0.15) is 5.01 Å². The Morgan fingerprint density at radius 3 is 1.41 bits per heavy atom. The van der Waals surface area contributed by atoms with Crippen molar-refractivity contribution >= 4 is 23.4 Å². The number of anilines is 2. The molecule has 0 aliphatic rings. The van der Waals surface area contributed by atoms with E-state index in [1.54, 1.807) is 62.6 Å². The van der Waals surface area contributed by atoms with E-state index >= 15 is 0 Å². The summed E-state index contributed by atoms with van der Waals surface area (Å²) < 4.78 is 0. The number of carbonyl (C=O) groups excluding carboxylic acids is 2. The summed E-state index contributed by atoms with van der Waals surface area (Å²) in [7, 11) is 3.24. The topological polar surface area (TPSA) is 64.7 Å². The fourth-order valence-corrected chi connectivity index (χ4v) is 1.85. The summed E-state index contributed by atoms with van der Waals surface area (Å²) in [6.07, 6.45) is 0. The quantitative estimate of drug-likeness (QED) is 0.855. The smallest absolute Gasteiger partial charge is 0.306 e. The number of para-hydroxylation sites is 2. The molecule has 0 spiro atoms. The van der Waals surface area contributed by atoms with Crippen molar-refractivity contribution in [1.82, 2.24) is 10.0 Å². The third-order valence-corrected chi connectivity index (χ3v) is 2.83. The van der Waals surface area contributed by atoms with Gasteiger partial charge in [-0.25, -0.2) is 14.6 Å². The Morgan fingerprint density at radius 1 is 0.727 bits per heavy atom. The van der Waals surface area contributed by atoms with Crippen LogP contribution in [0.4, 0.5) is 21.0 Å². The van der Waals surface area contributed by atoms with Crippen molar-refractivity contribution < 1.29 is 9.59 Å². The molecule has 6 nitrogen and oxygen atoms in total. The van der Waals surface area contributed by atoms with Crippen LogP contribution < -0.4 is 10.6 Å². The van der Waals surface area contributed by atoms with Crippen LogP contribution in [0.2, 0.25) is 0 Å². The Labute approximate surface area is 129 Å². The molecule has 22 heavy (non-hydrogen) atoms. The van der Waals surface area contributed by atoms with Crippen molar-refractivity contribution in [1.29, 1.82) is 0 Å². The van der Waals surface area contributed by atoms with Crippen molar-refractivity contribution in [2.75, 3.05) is 24.7 Å². The predicted molar refractivity (Wildman–Crippen MR) is 86.4 cm³/mol. The summed E-state index contributed by atoms with van der Waals surface area (Å²) in [6.45, 7) is 0. The molecule has 2 aromatic carbocycles. The number of hydrogen-bond donors (Lipinski definition) is 2. The standard InChI is InChI=1S/C16H18N4O2/c1-19(2)20(15(21)17-13-9-5-3-6-10-13)16(22)18-14-11-7-4-8-12-14/h3-12H,1-2H3,(H,17,21)(H,18,22). The van der Waals surface area contributed by atoms with Crippen LogP contribution in [0.25, 0.3) is 0 Å². The highest BCUT2D eigenvalue weighted by Gasteiger charge is 2.24. The molecule has 2 aromatic rings. The van der Waals surface area contributed by atoms with Crippen molar-refractivity contribution in [3.8, 4) is 0 Å². The number of hydrazine groups is 1. The molecular weight excluding hydrogens is 280 g/mol. The second kappa shape index (κ2) is 7.24. The fourth-order valence-electron chi connectivity index (χ4n) is 1.85. The summed E-state index contributed by atoms with van der Waals surface area (Å²) in [5.41, 5.74) is 1.23. The van der Waals surface area contributed by atoms with E-state index in [1.807, 2.05) is 12.1 Å². The van der Waals surface area contributed by atoms with Crippen molar-refractivity contribution in [2.45, 2.75) is 0 Å². The van der Waals surface area contributed by atoms with Crippen LogP contribution in [-0.2, 0) is 0 Å². The third-order valence-electron chi connectivity index (χ3n) is 2.83. The second-order valence-electron chi connectivity index (χ2n) is 4.75. The van der Waals surface area contributed by atoms with Crippen molar-refractivity contribution in [2.24, 2.45) is 0 Å². The van der Waals surface area contributed by atoms with E-state index in [1.165, 1.54) is 5.01 Å². The summed E-state index contributed by atoms with van der Waals surface area (Å²) in [5, 5.41) is 7.75. The summed E-state index contributed by atoms with van der Waals surface area (Å²) >= 11 is 0. The SMILES string of the molecule is CN(C)N(C(=O)Nc1ccccc1)C(=O)Nc1ccccc1. The van der Waals surface area contributed by atoms with Crippen LogP contribution >= 0.6 is 0 Å². The molecule has 2 N–H and O–H groups in total. The second-order valence-corrected chi connectivity index (χ2v) is 4.75. The van der Waals surface area contributed by atoms with Gasteiger partial charge in [-0.1, -0.05) is 36.4 Å². The van der Waals surface area contributed by atoms with E-state index in [0.717, 1.165) is 5.01 Å². The van der Waals surface area contributed by atoms with Gasteiger partial charge in [0.25, 0.3) is 0 Å². The Balaban J connectivity index is 2.08. The summed E-state index contributed by atoms with van der Waals surface area (Å²) in [5.74, 6) is 0. The Bertz CT molecular complexity index is 576. The van der Waals surface area contributed by atoms with Crippen LogP contribution in [0.15, 0.2) is 60.7 Å². The first-order valence-electron chi connectivity index (χ1n) is 6.77. The zero-order chi connectivity index (χ0) is 15.9. The maximum Gasteiger partial charge on any atom is 0.345 e. The summed E-state index contributed by atoms with van der Waals surface area (Å²) in [6, 6.07) is 16.8. The van der Waals surface area contributed by atoms with Gasteiger partial charge in [0.05, 0.1) is 0 Å². The lowest BCUT2D eigenvalue weighted by atomic mass is 10.3. The number of carbonyl (C=O) groups is 2. The highest BCUT2D eigenvalue weighted by atomic mass is 16.2. The van der Waals surface area contributed by atoms with Crippen LogP contribution in [0, 0.1) is 0 Å². The molecule has 0 heterocycles. The number of urea groups is 2. The highest BCUT2D eigenvalue weighted by molar-refractivity contribution is 6.04. The van der Waals surface area contributed by atoms with Crippen LogP contribution in [0.3, 0.4) is 0 Å². The third kappa shape index (κ3) is 4.07. The molecule has 0 unspecified atom stereocenters. The van der Waals surface area contributed by atoms with E-state index in [2.05, 4.69) is 10.6 Å². The molecule has 0 radical (unpaired) electrons. The highest BCUT2D eigenvalue weighted by Crippen LogP contribution is 2.10. The molecule has 0 aliphatic carbocycles. The van der Waals surface area contributed by atoms with E-state index < -0.39 is 12.1 Å². The minimum Gasteiger partial charge on any atom is -0.306 e. The lowest BCUT2D eigenvalue weighted by Gasteiger charge is -2.27. The Hall–Kier alpha value is -2.86. The minimum absolute atomic E-state index is 0.537. The Morgan fingerprint density at radius 2 is 1.09 bits per heavy atom. The van der Waals surface area contributed by atoms with Crippen molar-refractivity contribution in [3.63, 3.8) is 0 Å². The van der Waals surface area contributed by atoms with E-state index in [9.17, 15) is 9.59 Å². The zero-order valence-electron chi connectivity index (χ0n) is 12.5. The maximum atomic E-state index is 12.3. The first-order chi connectivity index (χ1) is 10.6. The van der Waals surface area contributed by atoms with Gasteiger partial charge in [-0.05, 0) is 24.3 Å². The lowest BCUT2D eigenvalue weighted by Crippen LogP contribution is -2.50. The zero-order valence-corrected chi connectivity index (χ0v) is 12.5. The van der Waals surface area contributed by atoms with Gasteiger partial charge < -0.3 is 10.6 Å². The molecule has 0 aromatic heterocycles.